The van der Waals surface area contributed by atoms with Gasteiger partial charge in [-0.15, -0.1) is 11.3 Å². The number of carbonyl (C=O) groups excluding carboxylic acids is 1. The van der Waals surface area contributed by atoms with Crippen LogP contribution < -0.4 is 0 Å². The van der Waals surface area contributed by atoms with Crippen LogP contribution in [-0.4, -0.2) is 57.1 Å². The molecule has 6 nitrogen and oxygen atoms in total. The fourth-order valence-corrected chi connectivity index (χ4v) is 3.90. The van der Waals surface area contributed by atoms with E-state index in [0.29, 0.717) is 5.69 Å². The molecule has 1 aliphatic heterocycles. The zero-order valence-electron chi connectivity index (χ0n) is 15.6. The molecule has 27 heavy (non-hydrogen) atoms. The van der Waals surface area contributed by atoms with Crippen molar-refractivity contribution in [1.29, 1.82) is 0 Å². The first-order chi connectivity index (χ1) is 13.1. The highest BCUT2D eigenvalue weighted by molar-refractivity contribution is 7.09. The maximum Gasteiger partial charge on any atom is 0.271 e. The summed E-state index contributed by atoms with van der Waals surface area (Å²) in [5.41, 5.74) is 4.69. The minimum absolute atomic E-state index is 0.0185. The predicted molar refractivity (Wildman–Crippen MR) is 107 cm³/mol. The van der Waals surface area contributed by atoms with E-state index in [4.69, 9.17) is 0 Å². The Labute approximate surface area is 162 Å². The number of amides is 1. The van der Waals surface area contributed by atoms with Crippen LogP contribution in [0.15, 0.2) is 35.7 Å². The van der Waals surface area contributed by atoms with Crippen LogP contribution in [-0.2, 0) is 6.54 Å². The third-order valence-electron chi connectivity index (χ3n) is 4.87. The van der Waals surface area contributed by atoms with E-state index in [9.17, 15) is 4.79 Å². The lowest BCUT2D eigenvalue weighted by atomic mass is 10.1. The number of nitrogens with one attached hydrogen (secondary N) is 1. The first kappa shape index (κ1) is 17.9. The van der Waals surface area contributed by atoms with Crippen molar-refractivity contribution in [1.82, 2.24) is 25.0 Å². The third-order valence-corrected chi connectivity index (χ3v) is 5.69. The lowest BCUT2D eigenvalue weighted by Gasteiger charge is -2.34. The Morgan fingerprint density at radius 3 is 2.56 bits per heavy atom. The molecule has 3 aromatic rings. The number of rotatable bonds is 4. The molecule has 3 heterocycles. The first-order valence-corrected chi connectivity index (χ1v) is 10.0. The molecule has 1 aromatic carbocycles. The van der Waals surface area contributed by atoms with Crippen LogP contribution in [0.4, 0.5) is 0 Å². The normalized spacial score (nSPS) is 15.3. The zero-order chi connectivity index (χ0) is 18.8. The van der Waals surface area contributed by atoms with E-state index in [1.54, 1.807) is 11.3 Å². The van der Waals surface area contributed by atoms with E-state index in [1.165, 1.54) is 5.56 Å². The number of benzene rings is 1. The molecule has 0 aliphatic carbocycles. The Bertz CT molecular complexity index is 922. The number of thiazole rings is 1. The molecule has 1 amide bonds. The average Bonchev–Trinajstić information content (AvgIpc) is 3.32. The van der Waals surface area contributed by atoms with E-state index in [-0.39, 0.29) is 5.91 Å². The van der Waals surface area contributed by atoms with E-state index in [0.717, 1.165) is 54.7 Å². The number of aromatic amines is 1. The summed E-state index contributed by atoms with van der Waals surface area (Å²) < 4.78 is 0. The molecular weight excluding hydrogens is 358 g/mol. The van der Waals surface area contributed by atoms with Crippen molar-refractivity contribution in [3.8, 4) is 11.3 Å². The molecule has 0 bridgehead atoms. The van der Waals surface area contributed by atoms with Crippen molar-refractivity contribution < 1.29 is 4.79 Å². The standard InChI is InChI=1S/C20H23N5OS/c1-14-3-5-16(6-4-14)18-11-19(23-22-18)20(26)25-9-7-24(8-10-25)12-17-13-27-15(2)21-17/h3-6,11,13H,7-10,12H2,1-2H3,(H,22,23). The molecule has 1 N–H and O–H groups in total. The molecule has 7 heteroatoms. The van der Waals surface area contributed by atoms with Gasteiger partial charge in [0.2, 0.25) is 0 Å². The van der Waals surface area contributed by atoms with Gasteiger partial charge in [-0.2, -0.15) is 5.10 Å². The summed E-state index contributed by atoms with van der Waals surface area (Å²) in [7, 11) is 0. The molecule has 0 saturated carbocycles. The van der Waals surface area contributed by atoms with Gasteiger partial charge in [-0.05, 0) is 19.9 Å². The lowest BCUT2D eigenvalue weighted by molar-refractivity contribution is 0.0621. The predicted octanol–water partition coefficient (Wildman–Crippen LogP) is 3.11. The summed E-state index contributed by atoms with van der Waals surface area (Å²) in [5, 5.41) is 10.4. The number of carbonyl (C=O) groups is 1. The van der Waals surface area contributed by atoms with Gasteiger partial charge in [-0.3, -0.25) is 14.8 Å². The van der Waals surface area contributed by atoms with E-state index >= 15 is 0 Å². The van der Waals surface area contributed by atoms with Crippen LogP contribution in [0.1, 0.15) is 26.8 Å². The van der Waals surface area contributed by atoms with Crippen molar-refractivity contribution in [2.24, 2.45) is 0 Å². The van der Waals surface area contributed by atoms with Crippen LogP contribution >= 0.6 is 11.3 Å². The van der Waals surface area contributed by atoms with Gasteiger partial charge in [0.25, 0.3) is 5.91 Å². The molecule has 4 rings (SSSR count). The fourth-order valence-electron chi connectivity index (χ4n) is 3.29. The van der Waals surface area contributed by atoms with E-state index < -0.39 is 0 Å². The average molecular weight is 382 g/mol. The lowest BCUT2D eigenvalue weighted by Crippen LogP contribution is -2.48. The molecule has 1 saturated heterocycles. The van der Waals surface area contributed by atoms with Crippen molar-refractivity contribution in [3.63, 3.8) is 0 Å². The maximum atomic E-state index is 12.8. The van der Waals surface area contributed by atoms with Crippen molar-refractivity contribution in [3.05, 3.63) is 57.7 Å². The Kier molecular flexibility index (Phi) is 5.05. The van der Waals surface area contributed by atoms with E-state index in [1.807, 2.05) is 30.0 Å². The maximum absolute atomic E-state index is 12.8. The minimum atomic E-state index is 0.0185. The summed E-state index contributed by atoms with van der Waals surface area (Å²) in [6.07, 6.45) is 0. The number of aryl methyl sites for hydroxylation is 2. The molecule has 1 aliphatic rings. The highest BCUT2D eigenvalue weighted by Gasteiger charge is 2.24. The Morgan fingerprint density at radius 1 is 1.15 bits per heavy atom. The second kappa shape index (κ2) is 7.62. The fraction of sp³-hybridized carbons (Fsp3) is 0.350. The number of hydrogen-bond acceptors (Lipinski definition) is 5. The number of piperazine rings is 1. The van der Waals surface area contributed by atoms with Crippen molar-refractivity contribution in [2.45, 2.75) is 20.4 Å². The van der Waals surface area contributed by atoms with Gasteiger partial charge in [0.05, 0.1) is 16.4 Å². The van der Waals surface area contributed by atoms with Crippen LogP contribution in [0.5, 0.6) is 0 Å². The SMILES string of the molecule is Cc1ccc(-c2cc(C(=O)N3CCN(Cc4csc(C)n4)CC3)[nH]n2)cc1. The number of nitrogens with zero attached hydrogens (tertiary/aromatic N) is 4. The van der Waals surface area contributed by atoms with Crippen molar-refractivity contribution >= 4 is 17.2 Å². The topological polar surface area (TPSA) is 65.1 Å². The van der Waals surface area contributed by atoms with Gasteiger partial charge in [-0.1, -0.05) is 29.8 Å². The number of H-pyrrole nitrogens is 1. The van der Waals surface area contributed by atoms with E-state index in [2.05, 4.69) is 44.5 Å². The monoisotopic (exact) mass is 381 g/mol. The van der Waals surface area contributed by atoms with Gasteiger partial charge >= 0.3 is 0 Å². The zero-order valence-corrected chi connectivity index (χ0v) is 16.4. The smallest absolute Gasteiger partial charge is 0.271 e. The van der Waals surface area contributed by atoms with Crippen LogP contribution in [0.2, 0.25) is 0 Å². The molecule has 2 aromatic heterocycles. The van der Waals surface area contributed by atoms with Crippen LogP contribution in [0.3, 0.4) is 0 Å². The summed E-state index contributed by atoms with van der Waals surface area (Å²) in [6.45, 7) is 8.11. The second-order valence-corrected chi connectivity index (χ2v) is 8.02. The highest BCUT2D eigenvalue weighted by atomic mass is 32.1. The minimum Gasteiger partial charge on any atom is -0.335 e. The number of aromatic nitrogens is 3. The van der Waals surface area contributed by atoms with Crippen LogP contribution in [0, 0.1) is 13.8 Å². The van der Waals surface area contributed by atoms with Gasteiger partial charge in [0.1, 0.15) is 5.69 Å². The van der Waals surface area contributed by atoms with Crippen LogP contribution in [0.25, 0.3) is 11.3 Å². The van der Waals surface area contributed by atoms with Gasteiger partial charge in [-0.25, -0.2) is 4.98 Å². The van der Waals surface area contributed by atoms with Gasteiger partial charge in [0.15, 0.2) is 0 Å². The van der Waals surface area contributed by atoms with Gasteiger partial charge < -0.3 is 4.90 Å². The quantitative estimate of drug-likeness (QED) is 0.754. The summed E-state index contributed by atoms with van der Waals surface area (Å²) in [4.78, 5) is 21.6. The summed E-state index contributed by atoms with van der Waals surface area (Å²) in [6, 6.07) is 10.00. The molecule has 0 atom stereocenters. The summed E-state index contributed by atoms with van der Waals surface area (Å²) >= 11 is 1.68. The Hall–Kier alpha value is -2.51. The highest BCUT2D eigenvalue weighted by Crippen LogP contribution is 2.19. The second-order valence-electron chi connectivity index (χ2n) is 6.96. The van der Waals surface area contributed by atoms with Crippen molar-refractivity contribution in [2.75, 3.05) is 26.2 Å². The molecular formula is C20H23N5OS. The molecule has 1 fully saturated rings. The number of hydrogen-bond donors (Lipinski definition) is 1. The molecule has 140 valence electrons. The molecule has 0 unspecified atom stereocenters. The molecule has 0 radical (unpaired) electrons. The van der Waals surface area contributed by atoms with Gasteiger partial charge in [0, 0.05) is 43.7 Å². The first-order valence-electron chi connectivity index (χ1n) is 9.13. The Balaban J connectivity index is 1.36. The largest absolute Gasteiger partial charge is 0.335 e. The summed E-state index contributed by atoms with van der Waals surface area (Å²) in [5.74, 6) is 0.0185. The Morgan fingerprint density at radius 2 is 1.89 bits per heavy atom. The third kappa shape index (κ3) is 4.09. The molecule has 0 spiro atoms.